The molecule has 0 amide bonds. The summed E-state index contributed by atoms with van der Waals surface area (Å²) < 4.78 is 10.7. The van der Waals surface area contributed by atoms with Gasteiger partial charge in [-0.05, 0) is 24.9 Å². The van der Waals surface area contributed by atoms with Crippen LogP contribution in [0, 0.1) is 5.92 Å². The lowest BCUT2D eigenvalue weighted by Gasteiger charge is -2.35. The van der Waals surface area contributed by atoms with Crippen molar-refractivity contribution >= 4 is 5.97 Å². The van der Waals surface area contributed by atoms with Crippen LogP contribution in [-0.2, 0) is 11.3 Å². The number of furan rings is 1. The average Bonchev–Trinajstić information content (AvgIpc) is 2.80. The molecule has 2 unspecified atom stereocenters. The van der Waals surface area contributed by atoms with E-state index in [2.05, 4.69) is 11.8 Å². The summed E-state index contributed by atoms with van der Waals surface area (Å²) in [6.07, 6.45) is 2.70. The molecule has 2 atom stereocenters. The van der Waals surface area contributed by atoms with Crippen molar-refractivity contribution in [3.8, 4) is 0 Å². The minimum atomic E-state index is -0.938. The second-order valence-corrected chi connectivity index (χ2v) is 4.84. The molecule has 0 bridgehead atoms. The molecule has 1 aromatic rings. The van der Waals surface area contributed by atoms with Gasteiger partial charge in [-0.1, -0.05) is 6.92 Å². The Bertz CT molecular complexity index is 415. The molecule has 1 aliphatic heterocycles. The highest BCUT2D eigenvalue weighted by Crippen LogP contribution is 2.22. The first-order chi connectivity index (χ1) is 8.61. The molecule has 0 aliphatic carbocycles. The molecular formula is C13H19NO4. The summed E-state index contributed by atoms with van der Waals surface area (Å²) in [6, 6.07) is 1.50. The Morgan fingerprint density at radius 1 is 1.67 bits per heavy atom. The van der Waals surface area contributed by atoms with Crippen molar-refractivity contribution in [3.63, 3.8) is 0 Å². The Kier molecular flexibility index (Phi) is 4.04. The van der Waals surface area contributed by atoms with Crippen molar-refractivity contribution in [2.24, 2.45) is 5.92 Å². The van der Waals surface area contributed by atoms with Crippen LogP contribution in [0.25, 0.3) is 0 Å². The fourth-order valence-electron chi connectivity index (χ4n) is 2.40. The third-order valence-corrected chi connectivity index (χ3v) is 3.62. The molecule has 1 aliphatic rings. The predicted molar refractivity (Wildman–Crippen MR) is 65.5 cm³/mol. The van der Waals surface area contributed by atoms with E-state index in [-0.39, 0.29) is 11.7 Å². The van der Waals surface area contributed by atoms with Gasteiger partial charge in [0.25, 0.3) is 0 Å². The van der Waals surface area contributed by atoms with E-state index < -0.39 is 5.97 Å². The van der Waals surface area contributed by atoms with Crippen LogP contribution in [0.4, 0.5) is 0 Å². The van der Waals surface area contributed by atoms with E-state index in [4.69, 9.17) is 14.3 Å². The molecule has 5 heteroatoms. The lowest BCUT2D eigenvalue weighted by molar-refractivity contribution is -0.00928. The molecule has 1 N–H and O–H groups in total. The summed E-state index contributed by atoms with van der Waals surface area (Å²) >= 11 is 0. The maximum atomic E-state index is 11.0. The van der Waals surface area contributed by atoms with E-state index in [0.717, 1.165) is 19.5 Å². The predicted octanol–water partition coefficient (Wildman–Crippen LogP) is 1.83. The van der Waals surface area contributed by atoms with Crippen molar-refractivity contribution in [1.29, 1.82) is 0 Å². The molecule has 1 fully saturated rings. The first kappa shape index (κ1) is 13.1. The summed E-state index contributed by atoms with van der Waals surface area (Å²) in [5.74, 6) is 0.126. The largest absolute Gasteiger partial charge is 0.478 e. The Morgan fingerprint density at radius 3 is 3.11 bits per heavy atom. The fraction of sp³-hybridized carbons (Fsp3) is 0.615. The highest BCUT2D eigenvalue weighted by Gasteiger charge is 2.27. The number of hydrogen-bond donors (Lipinski definition) is 1. The summed E-state index contributed by atoms with van der Waals surface area (Å²) in [5.41, 5.74) is 0.252. The van der Waals surface area contributed by atoms with Crippen molar-refractivity contribution in [1.82, 2.24) is 4.90 Å². The number of carbonyl (C=O) groups is 1. The van der Waals surface area contributed by atoms with Crippen LogP contribution >= 0.6 is 0 Å². The zero-order valence-corrected chi connectivity index (χ0v) is 10.8. The van der Waals surface area contributed by atoms with Gasteiger partial charge in [-0.2, -0.15) is 0 Å². The van der Waals surface area contributed by atoms with Gasteiger partial charge in [0.2, 0.25) is 0 Å². The number of nitrogens with zero attached hydrogens (tertiary/aromatic N) is 1. The van der Waals surface area contributed by atoms with Crippen LogP contribution in [0.3, 0.4) is 0 Å². The van der Waals surface area contributed by atoms with Gasteiger partial charge in [-0.15, -0.1) is 0 Å². The highest BCUT2D eigenvalue weighted by molar-refractivity contribution is 5.88. The summed E-state index contributed by atoms with van der Waals surface area (Å²) in [4.78, 5) is 13.2. The first-order valence-electron chi connectivity index (χ1n) is 6.16. The topological polar surface area (TPSA) is 62.9 Å². The molecule has 100 valence electrons. The Labute approximate surface area is 106 Å². The molecule has 2 heterocycles. The average molecular weight is 253 g/mol. The maximum absolute atomic E-state index is 11.0. The molecule has 0 spiro atoms. The maximum Gasteiger partial charge on any atom is 0.339 e. The van der Waals surface area contributed by atoms with Gasteiger partial charge in [0.05, 0.1) is 18.9 Å². The summed E-state index contributed by atoms with van der Waals surface area (Å²) in [5, 5.41) is 9.02. The van der Waals surface area contributed by atoms with Crippen LogP contribution < -0.4 is 0 Å². The number of carboxylic acids is 1. The van der Waals surface area contributed by atoms with Gasteiger partial charge in [0, 0.05) is 13.7 Å². The Balaban J connectivity index is 2.01. The second-order valence-electron chi connectivity index (χ2n) is 4.84. The van der Waals surface area contributed by atoms with E-state index >= 15 is 0 Å². The number of piperidine rings is 1. The van der Waals surface area contributed by atoms with Crippen LogP contribution in [0.15, 0.2) is 16.7 Å². The third kappa shape index (κ3) is 2.73. The van der Waals surface area contributed by atoms with Gasteiger partial charge < -0.3 is 14.3 Å². The fourth-order valence-corrected chi connectivity index (χ4v) is 2.40. The van der Waals surface area contributed by atoms with Crippen LogP contribution in [0.2, 0.25) is 0 Å². The van der Waals surface area contributed by atoms with Crippen LogP contribution in [-0.4, -0.2) is 42.3 Å². The van der Waals surface area contributed by atoms with Crippen LogP contribution in [0.1, 0.15) is 29.5 Å². The van der Waals surface area contributed by atoms with Gasteiger partial charge in [-0.3, -0.25) is 4.90 Å². The molecule has 1 saturated heterocycles. The van der Waals surface area contributed by atoms with E-state index in [1.807, 2.05) is 0 Å². The molecule has 0 saturated carbocycles. The van der Waals surface area contributed by atoms with Gasteiger partial charge >= 0.3 is 5.97 Å². The normalized spacial score (nSPS) is 25.2. The van der Waals surface area contributed by atoms with Gasteiger partial charge in [0.1, 0.15) is 11.3 Å². The molecule has 0 radical (unpaired) electrons. The number of likely N-dealkylation sites (tertiary alicyclic amines) is 1. The Morgan fingerprint density at radius 2 is 2.44 bits per heavy atom. The number of hydrogen-bond acceptors (Lipinski definition) is 4. The van der Waals surface area contributed by atoms with Crippen LogP contribution in [0.5, 0.6) is 0 Å². The van der Waals surface area contributed by atoms with E-state index in [9.17, 15) is 4.79 Å². The van der Waals surface area contributed by atoms with Gasteiger partial charge in [-0.25, -0.2) is 4.79 Å². The van der Waals surface area contributed by atoms with Crippen molar-refractivity contribution in [3.05, 3.63) is 23.7 Å². The van der Waals surface area contributed by atoms with E-state index in [0.29, 0.717) is 18.2 Å². The Hall–Kier alpha value is -1.33. The summed E-state index contributed by atoms with van der Waals surface area (Å²) in [7, 11) is 1.72. The molecule has 5 nitrogen and oxygen atoms in total. The number of aromatic carboxylic acids is 1. The minimum Gasteiger partial charge on any atom is -0.478 e. The smallest absolute Gasteiger partial charge is 0.339 e. The number of rotatable bonds is 4. The first-order valence-corrected chi connectivity index (χ1v) is 6.16. The van der Waals surface area contributed by atoms with Crippen molar-refractivity contribution in [2.45, 2.75) is 26.0 Å². The van der Waals surface area contributed by atoms with Crippen molar-refractivity contribution < 1.29 is 19.1 Å². The van der Waals surface area contributed by atoms with E-state index in [1.54, 1.807) is 7.11 Å². The third-order valence-electron chi connectivity index (χ3n) is 3.62. The lowest BCUT2D eigenvalue weighted by atomic mass is 9.95. The number of methoxy groups -OCH3 is 1. The zero-order chi connectivity index (χ0) is 13.1. The standard InChI is InChI=1S/C13H19NO4/c1-9-3-5-14(7-11(9)17-2)8-12-10(13(15)16)4-6-18-12/h4,6,9,11H,3,5,7-8H2,1-2H3,(H,15,16). The van der Waals surface area contributed by atoms with Gasteiger partial charge in [0.15, 0.2) is 0 Å². The second kappa shape index (κ2) is 5.54. The quantitative estimate of drug-likeness (QED) is 0.887. The molecule has 18 heavy (non-hydrogen) atoms. The summed E-state index contributed by atoms with van der Waals surface area (Å²) in [6.45, 7) is 4.47. The lowest BCUT2D eigenvalue weighted by Crippen LogP contribution is -2.43. The monoisotopic (exact) mass is 253 g/mol. The van der Waals surface area contributed by atoms with E-state index in [1.165, 1.54) is 12.3 Å². The zero-order valence-electron chi connectivity index (χ0n) is 10.8. The molecular weight excluding hydrogens is 234 g/mol. The minimum absolute atomic E-state index is 0.210. The number of carboxylic acid groups (broad SMARTS) is 1. The SMILES string of the molecule is COC1CN(Cc2occc2C(=O)O)CCC1C. The highest BCUT2D eigenvalue weighted by atomic mass is 16.5. The molecule has 1 aromatic heterocycles. The molecule has 2 rings (SSSR count). The molecule has 0 aromatic carbocycles. The van der Waals surface area contributed by atoms with Crippen molar-refractivity contribution in [2.75, 3.05) is 20.2 Å². The number of ether oxygens (including phenoxy) is 1.